The van der Waals surface area contributed by atoms with Gasteiger partial charge in [-0.05, 0) is 35.4 Å². The maximum Gasteiger partial charge on any atom is 0.359 e. The zero-order valence-electron chi connectivity index (χ0n) is 13.5. The third-order valence-electron chi connectivity index (χ3n) is 3.32. The number of H-pyrrole nitrogens is 1. The van der Waals surface area contributed by atoms with E-state index >= 15 is 0 Å². The van der Waals surface area contributed by atoms with E-state index in [0.717, 1.165) is 17.4 Å². The molecule has 0 aliphatic carbocycles. The molecule has 0 aliphatic rings. The molecule has 3 aromatic rings. The van der Waals surface area contributed by atoms with Crippen molar-refractivity contribution in [2.24, 2.45) is 0 Å². The van der Waals surface area contributed by atoms with Gasteiger partial charge in [0, 0.05) is 5.69 Å². The number of sulfonamides is 1. The number of nitrogens with zero attached hydrogens (tertiary/aromatic N) is 2. The van der Waals surface area contributed by atoms with Crippen molar-refractivity contribution in [1.82, 2.24) is 15.4 Å². The van der Waals surface area contributed by atoms with E-state index in [9.17, 15) is 13.2 Å². The number of ether oxygens (including phenoxy) is 1. The molecule has 0 unspecified atom stereocenters. The standard InChI is InChI=1S/C16H14N4O5S/c1-26(23,24)19-12-6-2-10(3-7-12)11-4-8-13(9-5-11)25-15-14(16(21)22)17-20-18-15/h2-9,19H,1H3,(H,21,22)(H,17,18,20). The van der Waals surface area contributed by atoms with Crippen molar-refractivity contribution >= 4 is 21.7 Å². The lowest BCUT2D eigenvalue weighted by Crippen LogP contribution is -2.09. The molecule has 0 bridgehead atoms. The monoisotopic (exact) mass is 374 g/mol. The third kappa shape index (κ3) is 4.16. The molecule has 1 heterocycles. The van der Waals surface area contributed by atoms with Crippen LogP contribution in [-0.2, 0) is 10.0 Å². The van der Waals surface area contributed by atoms with Crippen LogP contribution in [0.1, 0.15) is 10.5 Å². The van der Waals surface area contributed by atoms with Gasteiger partial charge < -0.3 is 9.84 Å². The Morgan fingerprint density at radius 2 is 1.65 bits per heavy atom. The minimum Gasteiger partial charge on any atom is -0.476 e. The van der Waals surface area contributed by atoms with Crippen molar-refractivity contribution < 1.29 is 23.1 Å². The summed E-state index contributed by atoms with van der Waals surface area (Å²) in [6.07, 6.45) is 1.09. The number of nitrogens with one attached hydrogen (secondary N) is 2. The summed E-state index contributed by atoms with van der Waals surface area (Å²) in [6.45, 7) is 0. The van der Waals surface area contributed by atoms with Gasteiger partial charge in [0.15, 0.2) is 0 Å². The Morgan fingerprint density at radius 1 is 1.08 bits per heavy atom. The molecule has 0 radical (unpaired) electrons. The van der Waals surface area contributed by atoms with E-state index in [1.807, 2.05) is 0 Å². The first-order chi connectivity index (χ1) is 12.3. The number of aromatic amines is 1. The molecule has 0 saturated carbocycles. The second-order valence-corrected chi connectivity index (χ2v) is 7.12. The molecule has 3 rings (SSSR count). The molecular weight excluding hydrogens is 360 g/mol. The van der Waals surface area contributed by atoms with Gasteiger partial charge in [-0.3, -0.25) is 4.72 Å². The minimum absolute atomic E-state index is 0.124. The molecule has 26 heavy (non-hydrogen) atoms. The zero-order valence-corrected chi connectivity index (χ0v) is 14.3. The fraction of sp³-hybridized carbons (Fsp3) is 0.0625. The Labute approximate surface area is 148 Å². The Bertz CT molecular complexity index is 1030. The van der Waals surface area contributed by atoms with Crippen LogP contribution in [0.2, 0.25) is 0 Å². The molecule has 1 aromatic heterocycles. The number of aromatic nitrogens is 3. The smallest absolute Gasteiger partial charge is 0.359 e. The number of carboxylic acids is 1. The summed E-state index contributed by atoms with van der Waals surface area (Å²) >= 11 is 0. The van der Waals surface area contributed by atoms with Gasteiger partial charge in [0.05, 0.1) is 6.26 Å². The van der Waals surface area contributed by atoms with Gasteiger partial charge in [-0.2, -0.15) is 0 Å². The van der Waals surface area contributed by atoms with Crippen LogP contribution in [0.4, 0.5) is 5.69 Å². The van der Waals surface area contributed by atoms with E-state index < -0.39 is 16.0 Å². The Morgan fingerprint density at radius 3 is 2.19 bits per heavy atom. The Kier molecular flexibility index (Phi) is 4.59. The van der Waals surface area contributed by atoms with E-state index in [-0.39, 0.29) is 11.6 Å². The zero-order chi connectivity index (χ0) is 18.7. The summed E-state index contributed by atoms with van der Waals surface area (Å²) in [5, 5.41) is 18.2. The van der Waals surface area contributed by atoms with Crippen molar-refractivity contribution in [3.63, 3.8) is 0 Å². The third-order valence-corrected chi connectivity index (χ3v) is 3.93. The molecule has 2 aromatic carbocycles. The number of carboxylic acid groups (broad SMARTS) is 1. The highest BCUT2D eigenvalue weighted by Crippen LogP contribution is 2.27. The summed E-state index contributed by atoms with van der Waals surface area (Å²) in [5.74, 6) is -0.939. The second-order valence-electron chi connectivity index (χ2n) is 5.38. The maximum absolute atomic E-state index is 11.2. The van der Waals surface area contributed by atoms with Crippen LogP contribution >= 0.6 is 0 Å². The lowest BCUT2D eigenvalue weighted by atomic mass is 10.1. The van der Waals surface area contributed by atoms with Crippen molar-refractivity contribution in [3.8, 4) is 22.8 Å². The van der Waals surface area contributed by atoms with E-state index in [2.05, 4.69) is 20.1 Å². The van der Waals surface area contributed by atoms with Crippen LogP contribution in [0.3, 0.4) is 0 Å². The molecule has 0 spiro atoms. The topological polar surface area (TPSA) is 134 Å². The highest BCUT2D eigenvalue weighted by atomic mass is 32.2. The molecule has 3 N–H and O–H groups in total. The van der Waals surface area contributed by atoms with Crippen LogP contribution in [0.25, 0.3) is 11.1 Å². The van der Waals surface area contributed by atoms with Gasteiger partial charge in [0.2, 0.25) is 15.7 Å². The second kappa shape index (κ2) is 6.84. The highest BCUT2D eigenvalue weighted by Gasteiger charge is 2.16. The largest absolute Gasteiger partial charge is 0.476 e. The predicted octanol–water partition coefficient (Wildman–Crippen LogP) is 2.33. The van der Waals surface area contributed by atoms with Gasteiger partial charge in [-0.1, -0.05) is 34.6 Å². The predicted molar refractivity (Wildman–Crippen MR) is 93.8 cm³/mol. The highest BCUT2D eigenvalue weighted by molar-refractivity contribution is 7.92. The number of hydrogen-bond acceptors (Lipinski definition) is 6. The van der Waals surface area contributed by atoms with Crippen molar-refractivity contribution in [3.05, 3.63) is 54.2 Å². The normalized spacial score (nSPS) is 11.1. The number of carbonyl (C=O) groups is 1. The van der Waals surface area contributed by atoms with Gasteiger partial charge in [0.25, 0.3) is 5.88 Å². The van der Waals surface area contributed by atoms with Crippen LogP contribution < -0.4 is 9.46 Å². The first-order valence-electron chi connectivity index (χ1n) is 7.32. The van der Waals surface area contributed by atoms with E-state index in [1.54, 1.807) is 48.5 Å². The summed E-state index contributed by atoms with van der Waals surface area (Å²) in [7, 11) is -3.32. The van der Waals surface area contributed by atoms with Crippen LogP contribution in [-0.4, -0.2) is 41.2 Å². The van der Waals surface area contributed by atoms with Crippen LogP contribution in [0.15, 0.2) is 48.5 Å². The Balaban J connectivity index is 1.75. The first kappa shape index (κ1) is 17.4. The summed E-state index contributed by atoms with van der Waals surface area (Å²) in [6, 6.07) is 13.8. The van der Waals surface area contributed by atoms with Crippen molar-refractivity contribution in [2.75, 3.05) is 11.0 Å². The van der Waals surface area contributed by atoms with E-state index in [4.69, 9.17) is 9.84 Å². The SMILES string of the molecule is CS(=O)(=O)Nc1ccc(-c2ccc(Oc3nn[nH]c3C(=O)O)cc2)cc1. The van der Waals surface area contributed by atoms with E-state index in [0.29, 0.717) is 11.4 Å². The molecule has 9 nitrogen and oxygen atoms in total. The van der Waals surface area contributed by atoms with Crippen LogP contribution in [0.5, 0.6) is 11.6 Å². The number of rotatable bonds is 6. The molecule has 0 aliphatic heterocycles. The maximum atomic E-state index is 11.2. The Hall–Kier alpha value is -3.40. The number of aromatic carboxylic acids is 1. The molecule has 0 fully saturated rings. The molecule has 134 valence electrons. The van der Waals surface area contributed by atoms with Crippen molar-refractivity contribution in [2.45, 2.75) is 0 Å². The number of hydrogen-bond donors (Lipinski definition) is 3. The van der Waals surface area contributed by atoms with Crippen molar-refractivity contribution in [1.29, 1.82) is 0 Å². The molecule has 0 amide bonds. The van der Waals surface area contributed by atoms with E-state index in [1.165, 1.54) is 0 Å². The first-order valence-corrected chi connectivity index (χ1v) is 9.21. The summed E-state index contributed by atoms with van der Waals surface area (Å²) in [4.78, 5) is 11.0. The fourth-order valence-corrected chi connectivity index (χ4v) is 2.77. The molecular formula is C16H14N4O5S. The van der Waals surface area contributed by atoms with Gasteiger partial charge in [-0.15, -0.1) is 0 Å². The average Bonchev–Trinajstić information content (AvgIpc) is 3.03. The minimum atomic E-state index is -3.32. The van der Waals surface area contributed by atoms with Crippen LogP contribution in [0, 0.1) is 0 Å². The number of benzene rings is 2. The molecule has 0 saturated heterocycles. The summed E-state index contributed by atoms with van der Waals surface area (Å²) < 4.78 is 30.2. The quantitative estimate of drug-likeness (QED) is 0.603. The average molecular weight is 374 g/mol. The van der Waals surface area contributed by atoms with Gasteiger partial charge >= 0.3 is 5.97 Å². The van der Waals surface area contributed by atoms with Gasteiger partial charge in [0.1, 0.15) is 5.75 Å². The molecule has 10 heteroatoms. The van der Waals surface area contributed by atoms with Gasteiger partial charge in [-0.25, -0.2) is 18.3 Å². The lowest BCUT2D eigenvalue weighted by molar-refractivity contribution is 0.0687. The lowest BCUT2D eigenvalue weighted by Gasteiger charge is -2.07. The molecule has 0 atom stereocenters. The fourth-order valence-electron chi connectivity index (χ4n) is 2.20. The number of anilines is 1. The summed E-state index contributed by atoms with van der Waals surface area (Å²) in [5.41, 5.74) is 2.00.